The first-order chi connectivity index (χ1) is 18.7. The molecule has 2 fully saturated rings. The van der Waals surface area contributed by atoms with E-state index < -0.39 is 5.82 Å². The highest BCUT2D eigenvalue weighted by Gasteiger charge is 2.50. The number of benzene rings is 1. The summed E-state index contributed by atoms with van der Waals surface area (Å²) in [6, 6.07) is 4.55. The van der Waals surface area contributed by atoms with Crippen LogP contribution in [0.15, 0.2) is 24.5 Å². The molecule has 222 valence electrons. The number of nitrogens with zero attached hydrogens (tertiary/aromatic N) is 6. The lowest BCUT2D eigenvalue weighted by molar-refractivity contribution is -0.0338. The van der Waals surface area contributed by atoms with Crippen LogP contribution in [0, 0.1) is 17.2 Å². The van der Waals surface area contributed by atoms with Crippen molar-refractivity contribution < 1.29 is 13.9 Å². The minimum Gasteiger partial charge on any atom is -0.434 e. The number of ether oxygens (including phenoxy) is 1. The molecule has 40 heavy (non-hydrogen) atoms. The average Bonchev–Trinajstić information content (AvgIpc) is 3.33. The molecule has 4 rings (SSSR count). The van der Waals surface area contributed by atoms with E-state index in [0.717, 1.165) is 39.1 Å². The average molecular weight is 578 g/mol. The summed E-state index contributed by atoms with van der Waals surface area (Å²) in [5.41, 5.74) is 0.390. The van der Waals surface area contributed by atoms with Crippen LogP contribution in [0.5, 0.6) is 11.6 Å². The lowest BCUT2D eigenvalue weighted by Gasteiger charge is -2.53. The smallest absolute Gasteiger partial charge is 0.282 e. The summed E-state index contributed by atoms with van der Waals surface area (Å²) in [5.74, 6) is 0.915. The van der Waals surface area contributed by atoms with Crippen molar-refractivity contribution in [3.63, 3.8) is 0 Å². The summed E-state index contributed by atoms with van der Waals surface area (Å²) in [4.78, 5) is 24.3. The normalized spacial score (nSPS) is 17.2. The van der Waals surface area contributed by atoms with E-state index in [1.54, 1.807) is 4.90 Å². The van der Waals surface area contributed by atoms with Gasteiger partial charge < -0.3 is 19.9 Å². The second kappa shape index (κ2) is 13.9. The van der Waals surface area contributed by atoms with E-state index in [2.05, 4.69) is 44.1 Å². The predicted molar refractivity (Wildman–Crippen MR) is 158 cm³/mol. The van der Waals surface area contributed by atoms with Crippen molar-refractivity contribution in [3.05, 3.63) is 35.9 Å². The molecule has 2 saturated heterocycles. The number of amides is 1. The molecule has 2 aromatic rings. The summed E-state index contributed by atoms with van der Waals surface area (Å²) < 4.78 is 20.4. The van der Waals surface area contributed by atoms with Crippen molar-refractivity contribution in [2.24, 2.45) is 11.3 Å². The van der Waals surface area contributed by atoms with E-state index >= 15 is 0 Å². The Labute approximate surface area is 244 Å². The molecule has 0 saturated carbocycles. The van der Waals surface area contributed by atoms with E-state index in [-0.39, 0.29) is 47.0 Å². The van der Waals surface area contributed by atoms with E-state index in [0.29, 0.717) is 24.3 Å². The minimum atomic E-state index is -0.496. The molecule has 9 nitrogen and oxygen atoms in total. The summed E-state index contributed by atoms with van der Waals surface area (Å²) in [6.45, 7) is 15.8. The number of carbonyl (C=O) groups excluding carboxylic acids is 1. The summed E-state index contributed by atoms with van der Waals surface area (Å²) in [7, 11) is 2.01. The van der Waals surface area contributed by atoms with Crippen LogP contribution >= 0.6 is 12.4 Å². The lowest BCUT2D eigenvalue weighted by atomic mass is 9.76. The number of hydrogen-bond donors (Lipinski definition) is 1. The first-order valence-corrected chi connectivity index (χ1v) is 14.3. The monoisotopic (exact) mass is 577 g/mol. The Hall–Kier alpha value is -2.56. The maximum atomic E-state index is 14.2. The largest absolute Gasteiger partial charge is 0.434 e. The van der Waals surface area contributed by atoms with Crippen molar-refractivity contribution >= 4 is 24.1 Å². The number of nitrogens with one attached hydrogen (secondary N) is 1. The van der Waals surface area contributed by atoms with Gasteiger partial charge in [-0.15, -0.1) is 22.6 Å². The molecule has 1 spiro atoms. The van der Waals surface area contributed by atoms with Crippen LogP contribution in [0.25, 0.3) is 0 Å². The molecule has 2 aliphatic heterocycles. The van der Waals surface area contributed by atoms with E-state index in [4.69, 9.17) is 4.74 Å². The van der Waals surface area contributed by atoms with Gasteiger partial charge in [0.2, 0.25) is 0 Å². The Morgan fingerprint density at radius 3 is 2.62 bits per heavy atom. The number of likely N-dealkylation sites (tertiary alicyclic amines) is 1. The topological polar surface area (TPSA) is 86.7 Å². The predicted octanol–water partition coefficient (Wildman–Crippen LogP) is 4.63. The third kappa shape index (κ3) is 7.01. The van der Waals surface area contributed by atoms with Crippen molar-refractivity contribution in [1.29, 1.82) is 0 Å². The molecule has 11 heteroatoms. The second-order valence-electron chi connectivity index (χ2n) is 11.6. The fourth-order valence-electron chi connectivity index (χ4n) is 6.15. The van der Waals surface area contributed by atoms with Crippen LogP contribution in [0.2, 0.25) is 0 Å². The summed E-state index contributed by atoms with van der Waals surface area (Å²) >= 11 is 0. The van der Waals surface area contributed by atoms with Gasteiger partial charge in [0.05, 0.1) is 5.56 Å². The number of aromatic nitrogens is 3. The Balaban J connectivity index is 0.00000441. The zero-order chi connectivity index (χ0) is 28.2. The fraction of sp³-hybridized carbons (Fsp3) is 0.655. The van der Waals surface area contributed by atoms with Crippen molar-refractivity contribution in [2.75, 3.05) is 51.2 Å². The Kier molecular flexibility index (Phi) is 11.1. The van der Waals surface area contributed by atoms with Crippen LogP contribution in [-0.4, -0.2) is 89.3 Å². The van der Waals surface area contributed by atoms with Gasteiger partial charge in [-0.2, -0.15) is 0 Å². The van der Waals surface area contributed by atoms with Gasteiger partial charge in [-0.1, -0.05) is 13.8 Å². The van der Waals surface area contributed by atoms with E-state index in [1.807, 2.05) is 27.8 Å². The number of rotatable bonds is 12. The number of anilines is 1. The highest BCUT2D eigenvalue weighted by molar-refractivity contribution is 5.97. The van der Waals surface area contributed by atoms with Gasteiger partial charge >= 0.3 is 0 Å². The zero-order valence-corrected chi connectivity index (χ0v) is 25.5. The van der Waals surface area contributed by atoms with Gasteiger partial charge in [0, 0.05) is 50.2 Å². The Morgan fingerprint density at radius 1 is 1.23 bits per heavy atom. The molecule has 0 bridgehead atoms. The molecule has 0 unspecified atom stereocenters. The van der Waals surface area contributed by atoms with Crippen molar-refractivity contribution in [1.82, 2.24) is 30.3 Å². The molecule has 2 aliphatic rings. The van der Waals surface area contributed by atoms with Gasteiger partial charge in [-0.3, -0.25) is 9.69 Å². The first-order valence-electron chi connectivity index (χ1n) is 14.3. The van der Waals surface area contributed by atoms with Crippen LogP contribution < -0.4 is 15.0 Å². The molecule has 0 aliphatic carbocycles. The van der Waals surface area contributed by atoms with Crippen LogP contribution in [0.3, 0.4) is 0 Å². The van der Waals surface area contributed by atoms with Gasteiger partial charge in [-0.25, -0.2) is 9.37 Å². The standard InChI is InChI=1S/C29H44FN7O2.ClH/c1-7-37(21(4)5)28(38)23-15-22(30)10-11-25(23)39-27-26(32-19-33-34-27)35-14-12-29(16-35)17-36(18-29)24(20(2)3)9-8-13-31-6;/h10-11,15,19-21,24,31H,7-9,12-14,16-18H2,1-6H3;1H/t24-;/m0./s1. The van der Waals surface area contributed by atoms with Crippen LogP contribution in [0.4, 0.5) is 10.2 Å². The summed E-state index contributed by atoms with van der Waals surface area (Å²) in [6.07, 6.45) is 4.89. The fourth-order valence-corrected chi connectivity index (χ4v) is 6.15. The number of hydrogen-bond acceptors (Lipinski definition) is 8. The molecule has 1 aromatic heterocycles. The maximum absolute atomic E-state index is 14.2. The maximum Gasteiger partial charge on any atom is 0.282 e. The van der Waals surface area contributed by atoms with Gasteiger partial charge in [0.15, 0.2) is 5.82 Å². The molecule has 1 atom stereocenters. The molecule has 1 N–H and O–H groups in total. The Morgan fingerprint density at radius 2 is 1.98 bits per heavy atom. The molecule has 0 radical (unpaired) electrons. The molecule has 1 aromatic carbocycles. The minimum absolute atomic E-state index is 0. The quantitative estimate of drug-likeness (QED) is 0.365. The highest BCUT2D eigenvalue weighted by atomic mass is 35.5. The highest BCUT2D eigenvalue weighted by Crippen LogP contribution is 2.44. The van der Waals surface area contributed by atoms with Crippen LogP contribution in [0.1, 0.15) is 64.2 Å². The number of carbonyl (C=O) groups is 1. The molecular formula is C29H45ClFN7O2. The van der Waals surface area contributed by atoms with Gasteiger partial charge in [0.25, 0.3) is 11.8 Å². The number of halogens is 2. The third-order valence-corrected chi connectivity index (χ3v) is 8.16. The van der Waals surface area contributed by atoms with E-state index in [1.165, 1.54) is 37.4 Å². The Bertz CT molecular complexity index is 1130. The molecule has 3 heterocycles. The van der Waals surface area contributed by atoms with Gasteiger partial charge in [0.1, 0.15) is 17.9 Å². The van der Waals surface area contributed by atoms with Crippen molar-refractivity contribution in [3.8, 4) is 11.6 Å². The molecular weight excluding hydrogens is 533 g/mol. The lowest BCUT2D eigenvalue weighted by Crippen LogP contribution is -2.62. The first kappa shape index (κ1) is 32.0. The summed E-state index contributed by atoms with van der Waals surface area (Å²) in [5, 5.41) is 11.4. The third-order valence-electron chi connectivity index (χ3n) is 8.16. The van der Waals surface area contributed by atoms with Gasteiger partial charge in [-0.05, 0) is 77.7 Å². The van der Waals surface area contributed by atoms with E-state index in [9.17, 15) is 9.18 Å². The van der Waals surface area contributed by atoms with Crippen molar-refractivity contribution in [2.45, 2.75) is 66.0 Å². The second-order valence-corrected chi connectivity index (χ2v) is 11.6. The SMILES string of the molecule is CCN(C(=O)c1cc(F)ccc1Oc1nncnc1N1CCC2(C1)CN([C@@H](CCCNC)C(C)C)C2)C(C)C.Cl. The molecule has 1 amide bonds. The zero-order valence-electron chi connectivity index (χ0n) is 24.7. The van der Waals surface area contributed by atoms with Crippen LogP contribution in [-0.2, 0) is 0 Å².